The zero-order valence-corrected chi connectivity index (χ0v) is 20.7. The molecule has 0 bridgehead atoms. The maximum Gasteiger partial charge on any atom is 0.132 e. The third-order valence-electron chi connectivity index (χ3n) is 6.28. The van der Waals surface area contributed by atoms with Gasteiger partial charge < -0.3 is 4.74 Å². The van der Waals surface area contributed by atoms with Crippen LogP contribution in [-0.2, 0) is 10.8 Å². The lowest BCUT2D eigenvalue weighted by atomic mass is 9.63. The molecule has 0 fully saturated rings. The van der Waals surface area contributed by atoms with Crippen molar-refractivity contribution >= 4 is 27.5 Å². The summed E-state index contributed by atoms with van der Waals surface area (Å²) in [5.41, 5.74) is 5.34. The number of hydrogen-bond donors (Lipinski definition) is 0. The molecule has 32 heavy (non-hydrogen) atoms. The van der Waals surface area contributed by atoms with Crippen LogP contribution in [0.3, 0.4) is 0 Å². The van der Waals surface area contributed by atoms with Gasteiger partial charge in [0.1, 0.15) is 11.5 Å². The van der Waals surface area contributed by atoms with Crippen LogP contribution in [0.1, 0.15) is 48.6 Å². The van der Waals surface area contributed by atoms with Gasteiger partial charge in [-0.15, -0.1) is 0 Å². The summed E-state index contributed by atoms with van der Waals surface area (Å²) >= 11 is 10.1. The Bertz CT molecular complexity index is 1260. The summed E-state index contributed by atoms with van der Waals surface area (Å²) in [4.78, 5) is 0. The monoisotopic (exact) mass is 502 g/mol. The zero-order chi connectivity index (χ0) is 22.5. The lowest BCUT2D eigenvalue weighted by Gasteiger charge is -2.42. The van der Waals surface area contributed by atoms with Gasteiger partial charge in [-0.2, -0.15) is 0 Å². The predicted molar refractivity (Wildman–Crippen MR) is 136 cm³/mol. The van der Waals surface area contributed by atoms with Crippen LogP contribution >= 0.6 is 27.5 Å². The van der Waals surface area contributed by atoms with Crippen LogP contribution in [0, 0.1) is 0 Å². The molecule has 0 aliphatic carbocycles. The summed E-state index contributed by atoms with van der Waals surface area (Å²) in [5.74, 6) is 1.75. The fourth-order valence-electron chi connectivity index (χ4n) is 4.72. The summed E-state index contributed by atoms with van der Waals surface area (Å²) in [6, 6.07) is 31.7. The molecule has 1 aliphatic rings. The number of para-hydroxylation sites is 2. The third kappa shape index (κ3) is 3.37. The Balaban J connectivity index is 1.96. The van der Waals surface area contributed by atoms with Gasteiger partial charge in [-0.25, -0.2) is 0 Å². The highest BCUT2D eigenvalue weighted by Crippen LogP contribution is 2.55. The molecule has 4 aromatic rings. The standard InChI is InChI=1S/C29H24BrClO/c1-28(2,3)20-16-21(18-22(30)17-20)29(19-12-14-23(31)15-13-19)24-8-4-6-10-26(24)32-27-11-7-5-9-25(27)29/h4-18H,1-3H3. The maximum absolute atomic E-state index is 6.39. The third-order valence-corrected chi connectivity index (χ3v) is 6.99. The number of hydrogen-bond acceptors (Lipinski definition) is 1. The Morgan fingerprint density at radius 1 is 0.719 bits per heavy atom. The van der Waals surface area contributed by atoms with Crippen molar-refractivity contribution < 1.29 is 4.74 Å². The van der Waals surface area contributed by atoms with Crippen molar-refractivity contribution in [1.82, 2.24) is 0 Å². The second kappa shape index (κ2) is 7.79. The Morgan fingerprint density at radius 3 is 1.84 bits per heavy atom. The molecule has 5 rings (SSSR count). The molecule has 0 amide bonds. The minimum absolute atomic E-state index is 0.00389. The quantitative estimate of drug-likeness (QED) is 0.234. The molecule has 0 N–H and O–H groups in total. The molecule has 3 heteroatoms. The van der Waals surface area contributed by atoms with Crippen molar-refractivity contribution in [2.75, 3.05) is 0 Å². The molecule has 0 atom stereocenters. The highest BCUT2D eigenvalue weighted by Gasteiger charge is 2.45. The Morgan fingerprint density at radius 2 is 1.28 bits per heavy atom. The number of ether oxygens (including phenoxy) is 1. The smallest absolute Gasteiger partial charge is 0.132 e. The van der Waals surface area contributed by atoms with E-state index in [1.165, 1.54) is 11.1 Å². The van der Waals surface area contributed by atoms with Crippen molar-refractivity contribution in [2.24, 2.45) is 0 Å². The van der Waals surface area contributed by atoms with E-state index in [1.807, 2.05) is 24.3 Å². The van der Waals surface area contributed by atoms with Crippen LogP contribution in [0.5, 0.6) is 11.5 Å². The normalized spacial score (nSPS) is 14.3. The lowest BCUT2D eigenvalue weighted by Crippen LogP contribution is -2.34. The molecule has 1 heterocycles. The van der Waals surface area contributed by atoms with E-state index in [9.17, 15) is 0 Å². The Hall–Kier alpha value is -2.55. The molecule has 1 aliphatic heterocycles. The molecule has 0 spiro atoms. The summed E-state index contributed by atoms with van der Waals surface area (Å²) in [6.45, 7) is 6.75. The van der Waals surface area contributed by atoms with Gasteiger partial charge in [0, 0.05) is 20.6 Å². The van der Waals surface area contributed by atoms with E-state index in [4.69, 9.17) is 16.3 Å². The summed E-state index contributed by atoms with van der Waals surface area (Å²) in [5, 5.41) is 0.724. The molecule has 0 radical (unpaired) electrons. The molecule has 0 aromatic heterocycles. The number of rotatable bonds is 2. The maximum atomic E-state index is 6.39. The molecular formula is C29H24BrClO. The van der Waals surface area contributed by atoms with Crippen LogP contribution in [0.25, 0.3) is 0 Å². The summed E-state index contributed by atoms with van der Waals surface area (Å²) in [7, 11) is 0. The van der Waals surface area contributed by atoms with Crippen LogP contribution in [-0.4, -0.2) is 0 Å². The van der Waals surface area contributed by atoms with E-state index in [0.717, 1.165) is 37.7 Å². The molecular weight excluding hydrogens is 480 g/mol. The van der Waals surface area contributed by atoms with Gasteiger partial charge in [-0.1, -0.05) is 103 Å². The minimum atomic E-state index is -0.542. The zero-order valence-electron chi connectivity index (χ0n) is 18.3. The highest BCUT2D eigenvalue weighted by atomic mass is 79.9. The van der Waals surface area contributed by atoms with Crippen molar-refractivity contribution in [1.29, 1.82) is 0 Å². The second-order valence-electron chi connectivity index (χ2n) is 9.33. The Labute approximate surface area is 203 Å². The molecule has 1 nitrogen and oxygen atoms in total. The van der Waals surface area contributed by atoms with Gasteiger partial charge in [0.05, 0.1) is 5.41 Å². The van der Waals surface area contributed by atoms with Gasteiger partial charge in [-0.05, 0) is 58.5 Å². The van der Waals surface area contributed by atoms with Gasteiger partial charge in [-0.3, -0.25) is 0 Å². The van der Waals surface area contributed by atoms with E-state index >= 15 is 0 Å². The molecule has 4 aromatic carbocycles. The first-order valence-electron chi connectivity index (χ1n) is 10.7. The number of halogens is 2. The van der Waals surface area contributed by atoms with Crippen molar-refractivity contribution in [3.8, 4) is 11.5 Å². The number of benzene rings is 4. The number of fused-ring (bicyclic) bond motifs is 2. The fraction of sp³-hybridized carbons (Fsp3) is 0.172. The van der Waals surface area contributed by atoms with E-state index in [1.54, 1.807) is 0 Å². The van der Waals surface area contributed by atoms with Gasteiger partial charge in [0.25, 0.3) is 0 Å². The second-order valence-corrected chi connectivity index (χ2v) is 10.7. The molecule has 0 saturated carbocycles. The Kier molecular flexibility index (Phi) is 5.19. The first-order chi connectivity index (χ1) is 15.3. The van der Waals surface area contributed by atoms with E-state index in [-0.39, 0.29) is 5.41 Å². The van der Waals surface area contributed by atoms with Crippen LogP contribution in [0.15, 0.2) is 95.5 Å². The van der Waals surface area contributed by atoms with Crippen molar-refractivity contribution in [3.63, 3.8) is 0 Å². The SMILES string of the molecule is CC(C)(C)c1cc(Br)cc(C2(c3ccc(Cl)cc3)c3ccccc3Oc3ccccc32)c1. The fourth-order valence-corrected chi connectivity index (χ4v) is 5.34. The first kappa shape index (κ1) is 21.3. The molecule has 0 saturated heterocycles. The average molecular weight is 504 g/mol. The van der Waals surface area contributed by atoms with Gasteiger partial charge >= 0.3 is 0 Å². The average Bonchev–Trinajstić information content (AvgIpc) is 2.77. The van der Waals surface area contributed by atoms with Gasteiger partial charge in [0.15, 0.2) is 0 Å². The topological polar surface area (TPSA) is 9.23 Å². The highest BCUT2D eigenvalue weighted by molar-refractivity contribution is 9.10. The predicted octanol–water partition coefficient (Wildman–Crippen LogP) is 8.89. The van der Waals surface area contributed by atoms with Gasteiger partial charge in [0.2, 0.25) is 0 Å². The lowest BCUT2D eigenvalue weighted by molar-refractivity contribution is 0.434. The first-order valence-corrected chi connectivity index (χ1v) is 11.9. The molecule has 0 unspecified atom stereocenters. The molecule has 160 valence electrons. The van der Waals surface area contributed by atoms with Crippen LogP contribution in [0.2, 0.25) is 5.02 Å². The van der Waals surface area contributed by atoms with Crippen LogP contribution in [0.4, 0.5) is 0 Å². The van der Waals surface area contributed by atoms with E-state index < -0.39 is 5.41 Å². The summed E-state index contributed by atoms with van der Waals surface area (Å²) < 4.78 is 7.45. The van der Waals surface area contributed by atoms with E-state index in [0.29, 0.717) is 0 Å². The van der Waals surface area contributed by atoms with Crippen molar-refractivity contribution in [3.05, 3.63) is 128 Å². The summed E-state index contributed by atoms with van der Waals surface area (Å²) in [6.07, 6.45) is 0. The largest absolute Gasteiger partial charge is 0.457 e. The van der Waals surface area contributed by atoms with E-state index in [2.05, 4.69) is 103 Å². The van der Waals surface area contributed by atoms with Crippen molar-refractivity contribution in [2.45, 2.75) is 31.6 Å². The van der Waals surface area contributed by atoms with Crippen LogP contribution < -0.4 is 4.74 Å². The minimum Gasteiger partial charge on any atom is -0.457 e.